The van der Waals surface area contributed by atoms with Crippen molar-refractivity contribution in [3.05, 3.63) is 33.7 Å². The number of nitriles is 1. The second kappa shape index (κ2) is 6.38. The molecule has 0 atom stereocenters. The summed E-state index contributed by atoms with van der Waals surface area (Å²) in [4.78, 5) is 21.7. The quantitative estimate of drug-likeness (QED) is 0.872. The van der Waals surface area contributed by atoms with Crippen molar-refractivity contribution < 1.29 is 9.84 Å². The highest BCUT2D eigenvalue weighted by atomic mass is 16.5. The van der Waals surface area contributed by atoms with E-state index in [0.717, 1.165) is 12.8 Å². The van der Waals surface area contributed by atoms with Crippen LogP contribution in [-0.4, -0.2) is 40.9 Å². The fourth-order valence-electron chi connectivity index (χ4n) is 3.31. The Bertz CT molecular complexity index is 929. The molecule has 0 aromatic carbocycles. The minimum Gasteiger partial charge on any atom is -0.384 e. The molecule has 1 saturated heterocycles. The first-order valence-electron chi connectivity index (χ1n) is 8.68. The molecular weight excluding hydrogens is 332 g/mol. The first-order valence-corrected chi connectivity index (χ1v) is 8.68. The summed E-state index contributed by atoms with van der Waals surface area (Å²) in [6.07, 6.45) is 1.57. The van der Waals surface area contributed by atoms with Crippen molar-refractivity contribution in [1.29, 1.82) is 5.26 Å². The first-order chi connectivity index (χ1) is 12.2. The number of methoxy groups -OCH3 is 1. The molecule has 0 bridgehead atoms. The summed E-state index contributed by atoms with van der Waals surface area (Å²) in [5.41, 5.74) is 0.416. The van der Waals surface area contributed by atoms with Gasteiger partial charge >= 0.3 is 0 Å². The number of anilines is 1. The molecule has 0 aliphatic carbocycles. The molecule has 2 aromatic rings. The molecule has 0 saturated carbocycles. The molecule has 1 aliphatic rings. The third kappa shape index (κ3) is 3.18. The number of nitrogens with zero attached hydrogens (tertiary/aromatic N) is 3. The van der Waals surface area contributed by atoms with Crippen LogP contribution in [0.15, 0.2) is 16.9 Å². The minimum absolute atomic E-state index is 0.0546. The number of fused-ring (bicyclic) bond motifs is 1. The van der Waals surface area contributed by atoms with E-state index < -0.39 is 11.2 Å². The van der Waals surface area contributed by atoms with Crippen molar-refractivity contribution in [2.75, 3.05) is 25.1 Å². The molecule has 3 rings (SSSR count). The van der Waals surface area contributed by atoms with Crippen LogP contribution in [-0.2, 0) is 10.3 Å². The van der Waals surface area contributed by atoms with E-state index in [1.807, 2.05) is 11.0 Å². The molecule has 2 aromatic heterocycles. The van der Waals surface area contributed by atoms with E-state index >= 15 is 0 Å². The van der Waals surface area contributed by atoms with Gasteiger partial charge < -0.3 is 19.7 Å². The van der Waals surface area contributed by atoms with Gasteiger partial charge in [0.05, 0.1) is 22.5 Å². The van der Waals surface area contributed by atoms with E-state index in [1.54, 1.807) is 33.1 Å². The topological polar surface area (TPSA) is 102 Å². The summed E-state index contributed by atoms with van der Waals surface area (Å²) in [7, 11) is 1.70. The van der Waals surface area contributed by atoms with Crippen molar-refractivity contribution in [1.82, 2.24) is 9.97 Å². The van der Waals surface area contributed by atoms with Gasteiger partial charge in [-0.3, -0.25) is 4.79 Å². The molecular formula is C19H24N4O3. The number of hydrogen-bond acceptors (Lipinski definition) is 6. The zero-order valence-corrected chi connectivity index (χ0v) is 15.6. The van der Waals surface area contributed by atoms with Crippen molar-refractivity contribution in [2.45, 2.75) is 44.8 Å². The molecule has 1 aliphatic heterocycles. The predicted molar refractivity (Wildman–Crippen MR) is 99.2 cm³/mol. The number of nitrogens with one attached hydrogen (secondary N) is 1. The van der Waals surface area contributed by atoms with E-state index in [4.69, 9.17) is 4.74 Å². The zero-order chi connectivity index (χ0) is 19.1. The van der Waals surface area contributed by atoms with Gasteiger partial charge in [0.1, 0.15) is 22.8 Å². The lowest BCUT2D eigenvalue weighted by Crippen LogP contribution is -2.44. The third-order valence-electron chi connectivity index (χ3n) is 5.20. The maximum atomic E-state index is 12.4. The average molecular weight is 356 g/mol. The number of H-pyrrole nitrogens is 1. The standard InChI is InChI=1S/C19H24N4O3/c1-18(2,25)14-6-5-13-15(22-14)16(12(11-20)17(24)21-13)23-9-7-19(3,26-4)8-10-23/h5-6,25H,7-10H2,1-4H3,(H,21,24). The highest BCUT2D eigenvalue weighted by molar-refractivity contribution is 5.91. The molecule has 0 radical (unpaired) electrons. The maximum absolute atomic E-state index is 12.4. The molecule has 3 heterocycles. The Morgan fingerprint density at radius 1 is 1.38 bits per heavy atom. The van der Waals surface area contributed by atoms with Gasteiger partial charge in [0.15, 0.2) is 0 Å². The van der Waals surface area contributed by atoms with Crippen LogP contribution in [0.1, 0.15) is 44.9 Å². The zero-order valence-electron chi connectivity index (χ0n) is 15.6. The van der Waals surface area contributed by atoms with Crippen LogP contribution in [0, 0.1) is 11.3 Å². The summed E-state index contributed by atoms with van der Waals surface area (Å²) in [6.45, 7) is 6.69. The van der Waals surface area contributed by atoms with Crippen LogP contribution >= 0.6 is 0 Å². The van der Waals surface area contributed by atoms with Gasteiger partial charge in [-0.1, -0.05) is 0 Å². The molecule has 2 N–H and O–H groups in total. The Hall–Kier alpha value is -2.43. The summed E-state index contributed by atoms with van der Waals surface area (Å²) in [5, 5.41) is 19.9. The Balaban J connectivity index is 2.19. The van der Waals surface area contributed by atoms with Gasteiger partial charge in [-0.15, -0.1) is 0 Å². The fourth-order valence-corrected chi connectivity index (χ4v) is 3.31. The normalized spacial score (nSPS) is 17.3. The van der Waals surface area contributed by atoms with Gasteiger partial charge in [0, 0.05) is 20.2 Å². The van der Waals surface area contributed by atoms with Crippen LogP contribution in [0.25, 0.3) is 11.0 Å². The smallest absolute Gasteiger partial charge is 0.268 e. The van der Waals surface area contributed by atoms with Crippen LogP contribution in [0.5, 0.6) is 0 Å². The van der Waals surface area contributed by atoms with Crippen LogP contribution < -0.4 is 10.5 Å². The maximum Gasteiger partial charge on any atom is 0.268 e. The van der Waals surface area contributed by atoms with E-state index in [2.05, 4.69) is 16.9 Å². The van der Waals surface area contributed by atoms with Crippen LogP contribution in [0.3, 0.4) is 0 Å². The Morgan fingerprint density at radius 2 is 2.04 bits per heavy atom. The van der Waals surface area contributed by atoms with Gasteiger partial charge in [-0.2, -0.15) is 5.26 Å². The molecule has 26 heavy (non-hydrogen) atoms. The van der Waals surface area contributed by atoms with Crippen molar-refractivity contribution in [3.8, 4) is 6.07 Å². The van der Waals surface area contributed by atoms with E-state index in [1.165, 1.54) is 0 Å². The highest BCUT2D eigenvalue weighted by Crippen LogP contribution is 2.33. The van der Waals surface area contributed by atoms with E-state index in [9.17, 15) is 15.2 Å². The molecule has 0 amide bonds. The number of piperidine rings is 1. The van der Waals surface area contributed by atoms with Gasteiger partial charge in [-0.05, 0) is 45.7 Å². The Morgan fingerprint density at radius 3 is 2.58 bits per heavy atom. The van der Waals surface area contributed by atoms with Crippen molar-refractivity contribution in [3.63, 3.8) is 0 Å². The highest BCUT2D eigenvalue weighted by Gasteiger charge is 2.32. The second-order valence-electron chi connectivity index (χ2n) is 7.58. The predicted octanol–water partition coefficient (Wildman–Crippen LogP) is 2.03. The summed E-state index contributed by atoms with van der Waals surface area (Å²) < 4.78 is 5.59. The van der Waals surface area contributed by atoms with Crippen molar-refractivity contribution in [2.24, 2.45) is 0 Å². The van der Waals surface area contributed by atoms with Gasteiger partial charge in [0.25, 0.3) is 5.56 Å². The van der Waals surface area contributed by atoms with E-state index in [-0.39, 0.29) is 11.2 Å². The van der Waals surface area contributed by atoms with Gasteiger partial charge in [0.2, 0.25) is 0 Å². The Kier molecular flexibility index (Phi) is 4.51. The number of aromatic amines is 1. The summed E-state index contributed by atoms with van der Waals surface area (Å²) in [5.74, 6) is 0. The number of rotatable bonds is 3. The van der Waals surface area contributed by atoms with Crippen LogP contribution in [0.4, 0.5) is 5.69 Å². The Labute approximate surface area is 152 Å². The largest absolute Gasteiger partial charge is 0.384 e. The molecule has 138 valence electrons. The number of hydrogen-bond donors (Lipinski definition) is 2. The third-order valence-corrected chi connectivity index (χ3v) is 5.20. The van der Waals surface area contributed by atoms with Gasteiger partial charge in [-0.25, -0.2) is 4.98 Å². The monoisotopic (exact) mass is 356 g/mol. The first kappa shape index (κ1) is 18.4. The lowest BCUT2D eigenvalue weighted by molar-refractivity contribution is -0.0132. The van der Waals surface area contributed by atoms with Crippen molar-refractivity contribution >= 4 is 16.7 Å². The molecule has 1 fully saturated rings. The molecule has 7 heteroatoms. The number of pyridine rings is 2. The SMILES string of the molecule is COC1(C)CCN(c2c(C#N)c(=O)[nH]c3ccc(C(C)(C)O)nc23)CC1. The average Bonchev–Trinajstić information content (AvgIpc) is 2.60. The second-order valence-corrected chi connectivity index (χ2v) is 7.58. The lowest BCUT2D eigenvalue weighted by Gasteiger charge is -2.39. The van der Waals surface area contributed by atoms with E-state index in [0.29, 0.717) is 35.5 Å². The minimum atomic E-state index is -1.12. The number of ether oxygens (including phenoxy) is 1. The summed E-state index contributed by atoms with van der Waals surface area (Å²) in [6, 6.07) is 5.44. The summed E-state index contributed by atoms with van der Waals surface area (Å²) >= 11 is 0. The molecule has 7 nitrogen and oxygen atoms in total. The van der Waals surface area contributed by atoms with Crippen LogP contribution in [0.2, 0.25) is 0 Å². The fraction of sp³-hybridized carbons (Fsp3) is 0.526. The number of aliphatic hydroxyl groups is 1. The molecule has 0 spiro atoms. The lowest BCUT2D eigenvalue weighted by atomic mass is 9.92. The number of aromatic nitrogens is 2. The molecule has 0 unspecified atom stereocenters.